The van der Waals surface area contributed by atoms with E-state index in [2.05, 4.69) is 19.6 Å². The van der Waals surface area contributed by atoms with Crippen molar-refractivity contribution in [1.29, 1.82) is 0 Å². The molecule has 0 aliphatic rings. The molecule has 0 bridgehead atoms. The van der Waals surface area contributed by atoms with E-state index in [1.807, 2.05) is 18.2 Å². The Bertz CT molecular complexity index is 242. The van der Waals surface area contributed by atoms with Crippen LogP contribution in [0.15, 0.2) is 37.0 Å². The van der Waals surface area contributed by atoms with Gasteiger partial charge in [0.05, 0.1) is 13.2 Å². The third-order valence-electron chi connectivity index (χ3n) is 1.69. The van der Waals surface area contributed by atoms with E-state index in [-0.39, 0.29) is 6.61 Å². The molecule has 0 aromatic carbocycles. The highest BCUT2D eigenvalue weighted by molar-refractivity contribution is 5.81. The van der Waals surface area contributed by atoms with Crippen LogP contribution >= 0.6 is 0 Å². The third-order valence-corrected chi connectivity index (χ3v) is 1.69. The topological polar surface area (TPSA) is 35.5 Å². The van der Waals surface area contributed by atoms with Crippen molar-refractivity contribution in [3.05, 3.63) is 37.0 Å². The lowest BCUT2D eigenvalue weighted by Gasteiger charge is -2.01. The summed E-state index contributed by atoms with van der Waals surface area (Å²) >= 11 is 0. The first-order valence-electron chi connectivity index (χ1n) is 5.49. The van der Waals surface area contributed by atoms with Gasteiger partial charge in [-0.2, -0.15) is 0 Å². The first-order valence-corrected chi connectivity index (χ1v) is 5.49. The Balaban J connectivity index is 3.26. The van der Waals surface area contributed by atoms with E-state index in [1.165, 1.54) is 0 Å². The van der Waals surface area contributed by atoms with Crippen LogP contribution in [0.25, 0.3) is 0 Å². The highest BCUT2D eigenvalue weighted by Gasteiger charge is 1.93. The Labute approximate surface area is 97.4 Å². The van der Waals surface area contributed by atoms with Gasteiger partial charge in [0.15, 0.2) is 0 Å². The molecule has 0 heterocycles. The van der Waals surface area contributed by atoms with E-state index in [9.17, 15) is 4.79 Å². The molecule has 0 atom stereocenters. The molecule has 0 saturated heterocycles. The second kappa shape index (κ2) is 11.7. The van der Waals surface area contributed by atoms with E-state index in [0.29, 0.717) is 13.2 Å². The number of hydrogen-bond acceptors (Lipinski definition) is 3. The maximum atomic E-state index is 10.6. The molecule has 0 radical (unpaired) electrons. The minimum Gasteiger partial charge on any atom is -0.460 e. The summed E-state index contributed by atoms with van der Waals surface area (Å²) < 4.78 is 9.93. The largest absolute Gasteiger partial charge is 0.460 e. The maximum Gasteiger partial charge on any atom is 0.330 e. The number of rotatable bonds is 9. The van der Waals surface area contributed by atoms with Gasteiger partial charge in [-0.25, -0.2) is 4.79 Å². The van der Waals surface area contributed by atoms with E-state index >= 15 is 0 Å². The number of allylic oxidation sites excluding steroid dienone is 3. The molecule has 90 valence electrons. The summed E-state index contributed by atoms with van der Waals surface area (Å²) in [4.78, 5) is 10.6. The number of esters is 1. The molecule has 0 spiro atoms. The third kappa shape index (κ3) is 10.7. The van der Waals surface area contributed by atoms with Crippen molar-refractivity contribution < 1.29 is 14.3 Å². The molecule has 0 N–H and O–H groups in total. The fourth-order valence-corrected chi connectivity index (χ4v) is 0.887. The molecule has 3 nitrogen and oxygen atoms in total. The zero-order valence-electron chi connectivity index (χ0n) is 9.85. The SMILES string of the molecule is C=CC(=O)OCCOC/C=C/C=C/CCC. The maximum absolute atomic E-state index is 10.6. The minimum atomic E-state index is -0.415. The molecule has 0 aliphatic heterocycles. The van der Waals surface area contributed by atoms with E-state index in [0.717, 1.165) is 18.9 Å². The molecule has 0 aliphatic carbocycles. The van der Waals surface area contributed by atoms with Gasteiger partial charge in [0.2, 0.25) is 0 Å². The van der Waals surface area contributed by atoms with Crippen molar-refractivity contribution in [2.75, 3.05) is 19.8 Å². The van der Waals surface area contributed by atoms with Crippen molar-refractivity contribution in [2.24, 2.45) is 0 Å². The Kier molecular flexibility index (Phi) is 10.7. The smallest absolute Gasteiger partial charge is 0.330 e. The molecule has 3 heteroatoms. The number of hydrogen-bond donors (Lipinski definition) is 0. The first kappa shape index (κ1) is 14.6. The monoisotopic (exact) mass is 224 g/mol. The Hall–Kier alpha value is -1.35. The zero-order chi connectivity index (χ0) is 12.1. The Morgan fingerprint density at radius 2 is 2.00 bits per heavy atom. The van der Waals surface area contributed by atoms with Crippen molar-refractivity contribution >= 4 is 5.97 Å². The van der Waals surface area contributed by atoms with Gasteiger partial charge >= 0.3 is 5.97 Å². The zero-order valence-corrected chi connectivity index (χ0v) is 9.85. The highest BCUT2D eigenvalue weighted by Crippen LogP contribution is 1.89. The van der Waals surface area contributed by atoms with Crippen LogP contribution in [-0.2, 0) is 14.3 Å². The quantitative estimate of drug-likeness (QED) is 0.261. The molecule has 0 fully saturated rings. The summed E-state index contributed by atoms with van der Waals surface area (Å²) in [6.07, 6.45) is 11.4. The summed E-state index contributed by atoms with van der Waals surface area (Å²) in [5.74, 6) is -0.415. The summed E-state index contributed by atoms with van der Waals surface area (Å²) in [7, 11) is 0. The van der Waals surface area contributed by atoms with Crippen LogP contribution < -0.4 is 0 Å². The van der Waals surface area contributed by atoms with Gasteiger partial charge in [0.1, 0.15) is 6.61 Å². The average molecular weight is 224 g/mol. The van der Waals surface area contributed by atoms with Gasteiger partial charge < -0.3 is 9.47 Å². The van der Waals surface area contributed by atoms with Gasteiger partial charge in [0.25, 0.3) is 0 Å². The first-order chi connectivity index (χ1) is 7.81. The minimum absolute atomic E-state index is 0.268. The van der Waals surface area contributed by atoms with Gasteiger partial charge in [-0.05, 0) is 6.42 Å². The molecule has 0 unspecified atom stereocenters. The van der Waals surface area contributed by atoms with Gasteiger partial charge in [-0.15, -0.1) is 0 Å². The lowest BCUT2D eigenvalue weighted by Crippen LogP contribution is -2.08. The fraction of sp³-hybridized carbons (Fsp3) is 0.462. The van der Waals surface area contributed by atoms with Crippen molar-refractivity contribution in [3.63, 3.8) is 0 Å². The molecule has 0 rings (SSSR count). The van der Waals surface area contributed by atoms with Crippen LogP contribution in [-0.4, -0.2) is 25.8 Å². The summed E-state index contributed by atoms with van der Waals surface area (Å²) in [5, 5.41) is 0. The van der Waals surface area contributed by atoms with E-state index in [4.69, 9.17) is 9.47 Å². The summed E-state index contributed by atoms with van der Waals surface area (Å²) in [6.45, 7) is 6.63. The predicted octanol–water partition coefficient (Wildman–Crippen LogP) is 2.64. The van der Waals surface area contributed by atoms with E-state index in [1.54, 1.807) is 0 Å². The lowest BCUT2D eigenvalue weighted by molar-refractivity contribution is -0.139. The standard InChI is InChI=1S/C13H20O3/c1-3-5-6-7-8-9-10-15-11-12-16-13(14)4-2/h4,6-9H,2-3,5,10-12H2,1H3/b7-6+,9-8+. The molecule has 0 aromatic rings. The van der Waals surface area contributed by atoms with Gasteiger partial charge in [-0.1, -0.05) is 44.2 Å². The molecule has 16 heavy (non-hydrogen) atoms. The lowest BCUT2D eigenvalue weighted by atomic mass is 10.3. The fourth-order valence-electron chi connectivity index (χ4n) is 0.887. The molecular formula is C13H20O3. The second-order valence-electron chi connectivity index (χ2n) is 3.09. The number of unbranched alkanes of at least 4 members (excludes halogenated alkanes) is 1. The van der Waals surface area contributed by atoms with Crippen LogP contribution in [0.1, 0.15) is 19.8 Å². The number of carbonyl (C=O) groups is 1. The van der Waals surface area contributed by atoms with E-state index < -0.39 is 5.97 Å². The van der Waals surface area contributed by atoms with Crippen molar-refractivity contribution in [3.8, 4) is 0 Å². The molecular weight excluding hydrogens is 204 g/mol. The summed E-state index contributed by atoms with van der Waals surface area (Å²) in [6, 6.07) is 0. The average Bonchev–Trinajstić information content (AvgIpc) is 2.31. The second-order valence-corrected chi connectivity index (χ2v) is 3.09. The predicted molar refractivity (Wildman–Crippen MR) is 65.2 cm³/mol. The van der Waals surface area contributed by atoms with Crippen molar-refractivity contribution in [1.82, 2.24) is 0 Å². The van der Waals surface area contributed by atoms with Gasteiger partial charge in [0, 0.05) is 6.08 Å². The van der Waals surface area contributed by atoms with Crippen LogP contribution in [0.4, 0.5) is 0 Å². The molecule has 0 aromatic heterocycles. The van der Waals surface area contributed by atoms with Crippen molar-refractivity contribution in [2.45, 2.75) is 19.8 Å². The van der Waals surface area contributed by atoms with Crippen LogP contribution in [0.3, 0.4) is 0 Å². The number of ether oxygens (including phenoxy) is 2. The van der Waals surface area contributed by atoms with Crippen LogP contribution in [0.2, 0.25) is 0 Å². The summed E-state index contributed by atoms with van der Waals surface area (Å²) in [5.41, 5.74) is 0. The van der Waals surface area contributed by atoms with Crippen LogP contribution in [0, 0.1) is 0 Å². The Morgan fingerprint density at radius 1 is 1.25 bits per heavy atom. The Morgan fingerprint density at radius 3 is 2.69 bits per heavy atom. The molecule has 0 saturated carbocycles. The highest BCUT2D eigenvalue weighted by atomic mass is 16.6. The molecule has 0 amide bonds. The van der Waals surface area contributed by atoms with Crippen LogP contribution in [0.5, 0.6) is 0 Å². The van der Waals surface area contributed by atoms with Gasteiger partial charge in [-0.3, -0.25) is 0 Å². The number of carbonyl (C=O) groups excluding carboxylic acids is 1. The normalized spacial score (nSPS) is 11.1.